The van der Waals surface area contributed by atoms with E-state index >= 15 is 0 Å². The number of thiol groups is 1. The summed E-state index contributed by atoms with van der Waals surface area (Å²) in [6, 6.07) is 0. The molecule has 0 aliphatic heterocycles. The number of carbonyl (C=O) groups is 1. The van der Waals surface area contributed by atoms with Crippen LogP contribution in [0.3, 0.4) is 0 Å². The van der Waals surface area contributed by atoms with Crippen molar-refractivity contribution in [2.24, 2.45) is 5.11 Å². The highest BCUT2D eigenvalue weighted by Gasteiger charge is 1.92. The minimum atomic E-state index is -0.110. The van der Waals surface area contributed by atoms with Gasteiger partial charge in [-0.2, -0.15) is 0 Å². The van der Waals surface area contributed by atoms with Gasteiger partial charge < -0.3 is 0 Å². The molecule has 10 heavy (non-hydrogen) atoms. The fourth-order valence-electron chi connectivity index (χ4n) is 0.503. The molecule has 0 atom stereocenters. The van der Waals surface area contributed by atoms with Crippen molar-refractivity contribution in [2.45, 2.75) is 19.3 Å². The summed E-state index contributed by atoms with van der Waals surface area (Å²) in [5.41, 5.74) is 7.85. The Morgan fingerprint density at radius 1 is 1.60 bits per heavy atom. The van der Waals surface area contributed by atoms with Crippen LogP contribution in [0, 0.1) is 0 Å². The van der Waals surface area contributed by atoms with Crippen molar-refractivity contribution in [3.05, 3.63) is 10.4 Å². The summed E-state index contributed by atoms with van der Waals surface area (Å²) in [5.74, 6) is 0. The summed E-state index contributed by atoms with van der Waals surface area (Å²) < 4.78 is 0. The summed E-state index contributed by atoms with van der Waals surface area (Å²) in [7, 11) is 0. The van der Waals surface area contributed by atoms with Gasteiger partial charge in [0.15, 0.2) is 5.12 Å². The average molecular weight is 159 g/mol. The Bertz CT molecular complexity index is 149. The van der Waals surface area contributed by atoms with Gasteiger partial charge in [0.25, 0.3) is 0 Å². The molecule has 0 aromatic heterocycles. The van der Waals surface area contributed by atoms with E-state index in [2.05, 4.69) is 22.7 Å². The van der Waals surface area contributed by atoms with E-state index in [0.717, 1.165) is 12.8 Å². The van der Waals surface area contributed by atoms with Crippen LogP contribution in [0.5, 0.6) is 0 Å². The first kappa shape index (κ1) is 9.33. The molecule has 0 saturated carbocycles. The first-order chi connectivity index (χ1) is 4.77. The predicted octanol–water partition coefficient (Wildman–Crippen LogP) is 1.92. The first-order valence-corrected chi connectivity index (χ1v) is 3.44. The Morgan fingerprint density at radius 3 is 2.80 bits per heavy atom. The standard InChI is InChI=1S/C5H9N3OS/c6-8-7-4-2-1-3-5(9)10/h1-4H2,(H,9,10). The van der Waals surface area contributed by atoms with Crippen LogP contribution in [0.2, 0.25) is 0 Å². The van der Waals surface area contributed by atoms with Crippen molar-refractivity contribution in [2.75, 3.05) is 6.54 Å². The third-order valence-electron chi connectivity index (χ3n) is 0.962. The number of hydrogen-bond acceptors (Lipinski definition) is 2. The number of rotatable bonds is 5. The largest absolute Gasteiger partial charge is 0.288 e. The van der Waals surface area contributed by atoms with E-state index in [-0.39, 0.29) is 5.12 Å². The van der Waals surface area contributed by atoms with E-state index in [1.807, 2.05) is 0 Å². The van der Waals surface area contributed by atoms with E-state index in [1.165, 1.54) is 0 Å². The molecule has 0 unspecified atom stereocenters. The minimum absolute atomic E-state index is 0.110. The van der Waals surface area contributed by atoms with Gasteiger partial charge in [-0.1, -0.05) is 5.11 Å². The molecule has 0 rings (SSSR count). The molecule has 0 N–H and O–H groups in total. The van der Waals surface area contributed by atoms with Crippen LogP contribution >= 0.6 is 12.6 Å². The van der Waals surface area contributed by atoms with Crippen molar-refractivity contribution >= 4 is 17.7 Å². The van der Waals surface area contributed by atoms with Crippen LogP contribution < -0.4 is 0 Å². The minimum Gasteiger partial charge on any atom is -0.288 e. The number of carbonyl (C=O) groups excluding carboxylic acids is 1. The number of hydrogen-bond donors (Lipinski definition) is 1. The summed E-state index contributed by atoms with van der Waals surface area (Å²) >= 11 is 3.58. The van der Waals surface area contributed by atoms with Gasteiger partial charge in [-0.25, -0.2) is 0 Å². The maximum absolute atomic E-state index is 10.2. The average Bonchev–Trinajstić information content (AvgIpc) is 1.87. The van der Waals surface area contributed by atoms with Crippen molar-refractivity contribution in [1.82, 2.24) is 0 Å². The zero-order valence-corrected chi connectivity index (χ0v) is 6.42. The van der Waals surface area contributed by atoms with Gasteiger partial charge >= 0.3 is 0 Å². The molecule has 0 heterocycles. The van der Waals surface area contributed by atoms with Crippen LogP contribution in [-0.2, 0) is 4.79 Å². The predicted molar refractivity (Wildman–Crippen MR) is 41.9 cm³/mol. The van der Waals surface area contributed by atoms with Gasteiger partial charge in [0.2, 0.25) is 0 Å². The summed E-state index contributed by atoms with van der Waals surface area (Å²) in [5, 5.41) is 3.20. The molecule has 0 radical (unpaired) electrons. The molecule has 0 bridgehead atoms. The van der Waals surface area contributed by atoms with E-state index in [9.17, 15) is 4.79 Å². The van der Waals surface area contributed by atoms with Gasteiger partial charge in [-0.15, -0.1) is 12.6 Å². The lowest BCUT2D eigenvalue weighted by Crippen LogP contribution is -1.87. The maximum Gasteiger partial charge on any atom is 0.185 e. The highest BCUT2D eigenvalue weighted by molar-refractivity contribution is 7.96. The lowest BCUT2D eigenvalue weighted by Gasteiger charge is -1.90. The lowest BCUT2D eigenvalue weighted by molar-refractivity contribution is -0.110. The zero-order valence-electron chi connectivity index (χ0n) is 5.53. The second-order valence-electron chi connectivity index (χ2n) is 1.81. The highest BCUT2D eigenvalue weighted by atomic mass is 32.1. The molecule has 0 aliphatic carbocycles. The van der Waals surface area contributed by atoms with Gasteiger partial charge in [-0.3, -0.25) is 4.79 Å². The van der Waals surface area contributed by atoms with E-state index in [4.69, 9.17) is 5.53 Å². The molecule has 0 amide bonds. The molecule has 0 aromatic carbocycles. The van der Waals surface area contributed by atoms with Gasteiger partial charge in [-0.05, 0) is 18.4 Å². The van der Waals surface area contributed by atoms with E-state index < -0.39 is 0 Å². The van der Waals surface area contributed by atoms with Crippen molar-refractivity contribution in [3.63, 3.8) is 0 Å². The van der Waals surface area contributed by atoms with E-state index in [1.54, 1.807) is 0 Å². The van der Waals surface area contributed by atoms with Crippen molar-refractivity contribution in [1.29, 1.82) is 0 Å². The molecular weight excluding hydrogens is 150 g/mol. The molecular formula is C5H9N3OS. The smallest absolute Gasteiger partial charge is 0.185 e. The van der Waals surface area contributed by atoms with Crippen LogP contribution in [0.1, 0.15) is 19.3 Å². The summed E-state index contributed by atoms with van der Waals surface area (Å²) in [6.07, 6.45) is 1.97. The Kier molecular flexibility index (Phi) is 6.02. The SMILES string of the molecule is [N-]=[N+]=NCCCCC(=O)S. The monoisotopic (exact) mass is 159 g/mol. The molecule has 0 saturated heterocycles. The fraction of sp³-hybridized carbons (Fsp3) is 0.800. The quantitative estimate of drug-likeness (QED) is 0.215. The van der Waals surface area contributed by atoms with Gasteiger partial charge in [0, 0.05) is 17.9 Å². The molecule has 5 heteroatoms. The third-order valence-corrected chi connectivity index (χ3v) is 1.19. The Balaban J connectivity index is 3.05. The van der Waals surface area contributed by atoms with Crippen molar-refractivity contribution in [3.8, 4) is 0 Å². The van der Waals surface area contributed by atoms with Gasteiger partial charge in [0.1, 0.15) is 0 Å². The Hall–Kier alpha value is -0.670. The van der Waals surface area contributed by atoms with Gasteiger partial charge in [0.05, 0.1) is 0 Å². The third kappa shape index (κ3) is 7.33. The zero-order chi connectivity index (χ0) is 7.82. The molecule has 0 spiro atoms. The molecule has 0 aliphatic rings. The van der Waals surface area contributed by atoms with E-state index in [0.29, 0.717) is 13.0 Å². The number of nitrogens with zero attached hydrogens (tertiary/aromatic N) is 3. The summed E-state index contributed by atoms with van der Waals surface area (Å²) in [4.78, 5) is 12.8. The maximum atomic E-state index is 10.2. The van der Waals surface area contributed by atoms with Crippen LogP contribution in [0.4, 0.5) is 0 Å². The normalized spacial score (nSPS) is 8.50. The number of azide groups is 1. The first-order valence-electron chi connectivity index (χ1n) is 3.00. The second-order valence-corrected chi connectivity index (χ2v) is 2.30. The van der Waals surface area contributed by atoms with Crippen LogP contribution in [0.25, 0.3) is 10.4 Å². The second kappa shape index (κ2) is 6.45. The summed E-state index contributed by atoms with van der Waals surface area (Å²) in [6.45, 7) is 0.470. The topological polar surface area (TPSA) is 65.8 Å². The molecule has 0 aromatic rings. The Morgan fingerprint density at radius 2 is 2.30 bits per heavy atom. The molecule has 56 valence electrons. The van der Waals surface area contributed by atoms with Crippen molar-refractivity contribution < 1.29 is 4.79 Å². The lowest BCUT2D eigenvalue weighted by atomic mass is 10.2. The molecule has 0 fully saturated rings. The highest BCUT2D eigenvalue weighted by Crippen LogP contribution is 1.98. The number of unbranched alkanes of at least 4 members (excludes halogenated alkanes) is 1. The fourth-order valence-corrected chi connectivity index (χ4v) is 0.662. The molecule has 4 nitrogen and oxygen atoms in total. The van der Waals surface area contributed by atoms with Crippen LogP contribution in [-0.4, -0.2) is 11.7 Å². The Labute approximate surface area is 64.6 Å². The van der Waals surface area contributed by atoms with Crippen LogP contribution in [0.15, 0.2) is 5.11 Å².